The Labute approximate surface area is 188 Å². The minimum Gasteiger partial charge on any atom is -0.465 e. The average Bonchev–Trinajstić information content (AvgIpc) is 3.49. The van der Waals surface area contributed by atoms with Crippen LogP contribution >= 0.6 is 23.2 Å². The highest BCUT2D eigenvalue weighted by molar-refractivity contribution is 6.36. The number of amides is 2. The van der Waals surface area contributed by atoms with Gasteiger partial charge in [-0.25, -0.2) is 4.79 Å². The predicted molar refractivity (Wildman–Crippen MR) is 118 cm³/mol. The third-order valence-electron chi connectivity index (χ3n) is 8.04. The molecule has 1 heterocycles. The van der Waals surface area contributed by atoms with Gasteiger partial charge in [-0.1, -0.05) is 56.8 Å². The highest BCUT2D eigenvalue weighted by Gasteiger charge is 2.84. The van der Waals surface area contributed by atoms with Crippen molar-refractivity contribution in [3.8, 4) is 0 Å². The van der Waals surface area contributed by atoms with E-state index in [0.717, 1.165) is 6.42 Å². The van der Waals surface area contributed by atoms with Gasteiger partial charge < -0.3 is 15.3 Å². The highest BCUT2D eigenvalue weighted by atomic mass is 35.5. The van der Waals surface area contributed by atoms with Crippen molar-refractivity contribution in [2.45, 2.75) is 53.0 Å². The second-order valence-electron chi connectivity index (χ2n) is 10.4. The molecular weight excluding hydrogens is 423 g/mol. The average molecular weight is 453 g/mol. The molecule has 4 atom stereocenters. The van der Waals surface area contributed by atoms with Crippen molar-refractivity contribution in [1.29, 1.82) is 0 Å². The molecule has 0 bridgehead atoms. The van der Waals surface area contributed by atoms with Crippen LogP contribution in [0.15, 0.2) is 18.2 Å². The molecule has 2 aliphatic carbocycles. The molecule has 3 aliphatic rings. The van der Waals surface area contributed by atoms with Crippen LogP contribution in [0.2, 0.25) is 10.0 Å². The predicted octanol–water partition coefficient (Wildman–Crippen LogP) is 5.55. The van der Waals surface area contributed by atoms with Crippen molar-refractivity contribution in [1.82, 2.24) is 10.2 Å². The number of nitrogens with one attached hydrogen (secondary N) is 1. The van der Waals surface area contributed by atoms with E-state index in [1.807, 2.05) is 0 Å². The number of carboxylic acid groups (broad SMARTS) is 1. The Morgan fingerprint density at radius 2 is 1.97 bits per heavy atom. The zero-order valence-corrected chi connectivity index (χ0v) is 19.5. The Kier molecular flexibility index (Phi) is 5.10. The van der Waals surface area contributed by atoms with Gasteiger partial charge in [-0.15, -0.1) is 0 Å². The molecule has 1 aromatic carbocycles. The standard InChI is InChI=1S/C23H30Cl2N2O3/c1-13(26-19(28)16-8-7-15(24)9-17(16)25)22(10-14-5-6-14)18-11-27(20(29)30)12-23(18,22)21(2,3)4/h7-9,13-14,18H,5-6,10-12H2,1-4H3,(H,26,28)(H,29,30). The van der Waals surface area contributed by atoms with Gasteiger partial charge in [-0.3, -0.25) is 4.79 Å². The first kappa shape index (κ1) is 21.8. The van der Waals surface area contributed by atoms with Crippen LogP contribution < -0.4 is 5.32 Å². The molecule has 4 rings (SSSR count). The van der Waals surface area contributed by atoms with E-state index >= 15 is 0 Å². The first-order valence-corrected chi connectivity index (χ1v) is 11.4. The van der Waals surface area contributed by atoms with Crippen molar-refractivity contribution >= 4 is 35.2 Å². The highest BCUT2D eigenvalue weighted by Crippen LogP contribution is 2.82. The van der Waals surface area contributed by atoms with E-state index < -0.39 is 6.09 Å². The van der Waals surface area contributed by atoms with Crippen LogP contribution in [-0.2, 0) is 0 Å². The van der Waals surface area contributed by atoms with E-state index in [4.69, 9.17) is 23.2 Å². The molecule has 2 amide bonds. The molecule has 0 spiro atoms. The maximum atomic E-state index is 13.1. The molecule has 0 aromatic heterocycles. The SMILES string of the molecule is CC(NC(=O)c1ccc(Cl)cc1Cl)C1(CC2CC2)C2CN(C(=O)O)CC21C(C)(C)C. The summed E-state index contributed by atoms with van der Waals surface area (Å²) in [5.41, 5.74) is 0.0928. The number of carbonyl (C=O) groups excluding carboxylic acids is 1. The molecule has 5 nitrogen and oxygen atoms in total. The number of nitrogens with zero attached hydrogens (tertiary/aromatic N) is 1. The molecule has 1 aromatic rings. The van der Waals surface area contributed by atoms with E-state index in [0.29, 0.717) is 34.6 Å². The summed E-state index contributed by atoms with van der Waals surface area (Å²) in [6.45, 7) is 9.80. The molecule has 0 radical (unpaired) electrons. The number of hydrogen-bond donors (Lipinski definition) is 2. The lowest BCUT2D eigenvalue weighted by Gasteiger charge is -2.41. The second kappa shape index (κ2) is 7.03. The summed E-state index contributed by atoms with van der Waals surface area (Å²) < 4.78 is 0. The number of fused-ring (bicyclic) bond motifs is 1. The van der Waals surface area contributed by atoms with Crippen LogP contribution in [0.1, 0.15) is 57.3 Å². The lowest BCUT2D eigenvalue weighted by Crippen LogP contribution is -2.49. The largest absolute Gasteiger partial charge is 0.465 e. The van der Waals surface area contributed by atoms with E-state index in [9.17, 15) is 14.7 Å². The fourth-order valence-corrected chi connectivity index (χ4v) is 7.04. The summed E-state index contributed by atoms with van der Waals surface area (Å²) in [5.74, 6) is 0.715. The van der Waals surface area contributed by atoms with Gasteiger partial charge in [0.1, 0.15) is 0 Å². The van der Waals surface area contributed by atoms with Crippen molar-refractivity contribution in [2.24, 2.45) is 28.1 Å². The first-order valence-electron chi connectivity index (χ1n) is 10.7. The summed E-state index contributed by atoms with van der Waals surface area (Å²) in [6.07, 6.45) is 2.64. The third-order valence-corrected chi connectivity index (χ3v) is 8.58. The van der Waals surface area contributed by atoms with Crippen molar-refractivity contribution < 1.29 is 14.7 Å². The zero-order chi connectivity index (χ0) is 22.1. The van der Waals surface area contributed by atoms with Crippen LogP contribution in [-0.4, -0.2) is 41.1 Å². The number of benzene rings is 1. The van der Waals surface area contributed by atoms with Gasteiger partial charge in [-0.05, 0) is 48.8 Å². The molecule has 1 aliphatic heterocycles. The van der Waals surface area contributed by atoms with Crippen LogP contribution in [0, 0.1) is 28.1 Å². The summed E-state index contributed by atoms with van der Waals surface area (Å²) >= 11 is 12.2. The molecule has 2 saturated carbocycles. The van der Waals surface area contributed by atoms with Gasteiger partial charge in [0.2, 0.25) is 0 Å². The first-order chi connectivity index (χ1) is 13.9. The van der Waals surface area contributed by atoms with Gasteiger partial charge in [0.05, 0.1) is 10.6 Å². The topological polar surface area (TPSA) is 69.6 Å². The fraction of sp³-hybridized carbons (Fsp3) is 0.652. The molecule has 30 heavy (non-hydrogen) atoms. The Morgan fingerprint density at radius 1 is 1.30 bits per heavy atom. The number of hydrogen-bond acceptors (Lipinski definition) is 2. The normalized spacial score (nSPS) is 31.3. The van der Waals surface area contributed by atoms with Crippen molar-refractivity contribution in [2.75, 3.05) is 13.1 Å². The Morgan fingerprint density at radius 3 is 2.47 bits per heavy atom. The quantitative estimate of drug-likeness (QED) is 0.614. The van der Waals surface area contributed by atoms with E-state index in [-0.39, 0.29) is 34.1 Å². The molecular formula is C23H30Cl2N2O3. The van der Waals surface area contributed by atoms with Gasteiger partial charge >= 0.3 is 6.09 Å². The van der Waals surface area contributed by atoms with Gasteiger partial charge in [0, 0.05) is 35.0 Å². The van der Waals surface area contributed by atoms with E-state index in [1.54, 1.807) is 23.1 Å². The van der Waals surface area contributed by atoms with Crippen LogP contribution in [0.4, 0.5) is 4.79 Å². The Bertz CT molecular complexity index is 895. The second-order valence-corrected chi connectivity index (χ2v) is 11.3. The molecule has 1 saturated heterocycles. The molecule has 164 valence electrons. The third kappa shape index (κ3) is 3.12. The monoisotopic (exact) mass is 452 g/mol. The van der Waals surface area contributed by atoms with Gasteiger partial charge in [0.15, 0.2) is 0 Å². The summed E-state index contributed by atoms with van der Waals surface area (Å²) in [6, 6.07) is 4.81. The number of piperidine rings is 1. The lowest BCUT2D eigenvalue weighted by molar-refractivity contribution is 0.0672. The van der Waals surface area contributed by atoms with Crippen molar-refractivity contribution in [3.63, 3.8) is 0 Å². The number of rotatable bonds is 5. The molecule has 4 unspecified atom stereocenters. The smallest absolute Gasteiger partial charge is 0.407 e. The van der Waals surface area contributed by atoms with Gasteiger partial charge in [-0.2, -0.15) is 0 Å². The summed E-state index contributed by atoms with van der Waals surface area (Å²) in [4.78, 5) is 26.3. The van der Waals surface area contributed by atoms with E-state index in [1.165, 1.54) is 12.8 Å². The Hall–Kier alpha value is -1.46. The minimum absolute atomic E-state index is 0.0757. The molecule has 2 N–H and O–H groups in total. The van der Waals surface area contributed by atoms with E-state index in [2.05, 4.69) is 33.0 Å². The Balaban J connectivity index is 1.64. The maximum Gasteiger partial charge on any atom is 0.407 e. The van der Waals surface area contributed by atoms with Crippen LogP contribution in [0.25, 0.3) is 0 Å². The molecule has 3 fully saturated rings. The van der Waals surface area contributed by atoms with Crippen molar-refractivity contribution in [3.05, 3.63) is 33.8 Å². The van der Waals surface area contributed by atoms with Gasteiger partial charge in [0.25, 0.3) is 5.91 Å². The summed E-state index contributed by atoms with van der Waals surface area (Å²) in [7, 11) is 0. The zero-order valence-electron chi connectivity index (χ0n) is 18.0. The fourth-order valence-electron chi connectivity index (χ4n) is 6.55. The number of likely N-dealkylation sites (tertiary alicyclic amines) is 1. The number of halogens is 2. The van der Waals surface area contributed by atoms with Crippen LogP contribution in [0.3, 0.4) is 0 Å². The number of carbonyl (C=O) groups is 2. The summed E-state index contributed by atoms with van der Waals surface area (Å²) in [5, 5.41) is 13.7. The lowest BCUT2D eigenvalue weighted by atomic mass is 9.68. The maximum absolute atomic E-state index is 13.1. The molecule has 7 heteroatoms. The van der Waals surface area contributed by atoms with Crippen LogP contribution in [0.5, 0.6) is 0 Å². The minimum atomic E-state index is -0.851.